The zero-order chi connectivity index (χ0) is 11.5. The Kier molecular flexibility index (Phi) is 3.52. The first-order valence-electron chi connectivity index (χ1n) is 5.14. The Morgan fingerprint density at radius 3 is 1.94 bits per heavy atom. The van der Waals surface area contributed by atoms with Crippen molar-refractivity contribution in [1.29, 1.82) is 0 Å². The summed E-state index contributed by atoms with van der Waals surface area (Å²) in [7, 11) is 0. The molecule has 2 aromatic rings. The lowest BCUT2D eigenvalue weighted by Crippen LogP contribution is -1.88. The number of halogens is 2. The second-order valence-electron chi connectivity index (χ2n) is 3.94. The van der Waals surface area contributed by atoms with Crippen LogP contribution in [0.5, 0.6) is 0 Å². The molecule has 0 saturated heterocycles. The molecule has 2 aromatic carbocycles. The number of rotatable bonds is 2. The van der Waals surface area contributed by atoms with Crippen molar-refractivity contribution >= 4 is 23.2 Å². The molecule has 16 heavy (non-hydrogen) atoms. The lowest BCUT2D eigenvalue weighted by Gasteiger charge is -2.04. The van der Waals surface area contributed by atoms with Crippen LogP contribution >= 0.6 is 23.2 Å². The third-order valence-electron chi connectivity index (χ3n) is 2.45. The lowest BCUT2D eigenvalue weighted by molar-refractivity contribution is 1.19. The van der Waals surface area contributed by atoms with Crippen LogP contribution in [0.2, 0.25) is 10.0 Å². The van der Waals surface area contributed by atoms with Gasteiger partial charge in [-0.05, 0) is 42.7 Å². The van der Waals surface area contributed by atoms with Crippen LogP contribution in [0.25, 0.3) is 0 Å². The van der Waals surface area contributed by atoms with Crippen LogP contribution in [-0.4, -0.2) is 0 Å². The molecule has 0 saturated carbocycles. The number of aryl methyl sites for hydroxylation is 1. The first-order chi connectivity index (χ1) is 7.63. The van der Waals surface area contributed by atoms with Gasteiger partial charge in [-0.2, -0.15) is 0 Å². The lowest BCUT2D eigenvalue weighted by atomic mass is 10.0. The second kappa shape index (κ2) is 4.90. The van der Waals surface area contributed by atoms with Gasteiger partial charge in [0.2, 0.25) is 0 Å². The highest BCUT2D eigenvalue weighted by Gasteiger charge is 2.00. The van der Waals surface area contributed by atoms with Crippen molar-refractivity contribution in [2.45, 2.75) is 13.3 Å². The third-order valence-corrected chi connectivity index (χ3v) is 2.89. The highest BCUT2D eigenvalue weighted by Crippen LogP contribution is 2.21. The smallest absolute Gasteiger partial charge is 0.0423 e. The van der Waals surface area contributed by atoms with E-state index in [9.17, 15) is 0 Å². The fraction of sp³-hybridized carbons (Fsp3) is 0.143. The van der Waals surface area contributed by atoms with Crippen LogP contribution in [0.3, 0.4) is 0 Å². The molecule has 0 amide bonds. The molecule has 0 fully saturated rings. The van der Waals surface area contributed by atoms with Gasteiger partial charge in [-0.25, -0.2) is 0 Å². The van der Waals surface area contributed by atoms with Gasteiger partial charge in [0.25, 0.3) is 0 Å². The quantitative estimate of drug-likeness (QED) is 0.712. The van der Waals surface area contributed by atoms with Crippen LogP contribution in [0, 0.1) is 6.92 Å². The summed E-state index contributed by atoms with van der Waals surface area (Å²) in [6, 6.07) is 14.1. The fourth-order valence-electron chi connectivity index (χ4n) is 1.65. The number of benzene rings is 2. The standard InChI is InChI=1S/C14H12Cl2/c1-10-2-4-11(5-3-10)6-12-7-13(15)9-14(16)8-12/h2-5,7-9H,6H2,1H3. The van der Waals surface area contributed by atoms with Crippen LogP contribution in [0.1, 0.15) is 16.7 Å². The summed E-state index contributed by atoms with van der Waals surface area (Å²) in [4.78, 5) is 0. The largest absolute Gasteiger partial charge is 0.0843 e. The summed E-state index contributed by atoms with van der Waals surface area (Å²) in [6.07, 6.45) is 0.862. The van der Waals surface area contributed by atoms with Gasteiger partial charge in [-0.1, -0.05) is 53.0 Å². The van der Waals surface area contributed by atoms with E-state index in [2.05, 4.69) is 31.2 Å². The first-order valence-corrected chi connectivity index (χ1v) is 5.89. The average Bonchev–Trinajstić information content (AvgIpc) is 2.20. The molecule has 0 atom stereocenters. The molecule has 0 bridgehead atoms. The summed E-state index contributed by atoms with van der Waals surface area (Å²) in [5.41, 5.74) is 3.68. The molecule has 0 aliphatic heterocycles. The second-order valence-corrected chi connectivity index (χ2v) is 4.81. The SMILES string of the molecule is Cc1ccc(Cc2cc(Cl)cc(Cl)c2)cc1. The highest BCUT2D eigenvalue weighted by atomic mass is 35.5. The van der Waals surface area contributed by atoms with Crippen molar-refractivity contribution in [2.75, 3.05) is 0 Å². The van der Waals surface area contributed by atoms with Gasteiger partial charge < -0.3 is 0 Å². The zero-order valence-corrected chi connectivity index (χ0v) is 10.5. The van der Waals surface area contributed by atoms with Gasteiger partial charge in [0, 0.05) is 10.0 Å². The third kappa shape index (κ3) is 3.01. The molecule has 0 radical (unpaired) electrons. The van der Waals surface area contributed by atoms with Crippen molar-refractivity contribution in [3.05, 3.63) is 69.2 Å². The molecule has 0 N–H and O–H groups in total. The minimum Gasteiger partial charge on any atom is -0.0843 e. The first kappa shape index (κ1) is 11.5. The van der Waals surface area contributed by atoms with Crippen molar-refractivity contribution in [3.8, 4) is 0 Å². The monoisotopic (exact) mass is 250 g/mol. The van der Waals surface area contributed by atoms with E-state index in [0.717, 1.165) is 12.0 Å². The van der Waals surface area contributed by atoms with E-state index in [0.29, 0.717) is 10.0 Å². The van der Waals surface area contributed by atoms with Crippen LogP contribution in [-0.2, 0) is 6.42 Å². The van der Waals surface area contributed by atoms with Gasteiger partial charge in [-0.15, -0.1) is 0 Å². The van der Waals surface area contributed by atoms with E-state index in [-0.39, 0.29) is 0 Å². The number of hydrogen-bond acceptors (Lipinski definition) is 0. The van der Waals surface area contributed by atoms with E-state index in [4.69, 9.17) is 23.2 Å². The van der Waals surface area contributed by atoms with Gasteiger partial charge in [0.15, 0.2) is 0 Å². The van der Waals surface area contributed by atoms with Crippen LogP contribution in [0.4, 0.5) is 0 Å². The van der Waals surface area contributed by atoms with E-state index < -0.39 is 0 Å². The minimum absolute atomic E-state index is 0.689. The van der Waals surface area contributed by atoms with Gasteiger partial charge in [0.05, 0.1) is 0 Å². The van der Waals surface area contributed by atoms with E-state index in [1.54, 1.807) is 6.07 Å². The molecule has 0 aliphatic carbocycles. The predicted octanol–water partition coefficient (Wildman–Crippen LogP) is 4.89. The normalized spacial score (nSPS) is 10.4. The number of hydrogen-bond donors (Lipinski definition) is 0. The minimum atomic E-state index is 0.689. The molecule has 2 rings (SSSR count). The van der Waals surface area contributed by atoms with E-state index in [1.165, 1.54) is 11.1 Å². The fourth-order valence-corrected chi connectivity index (χ4v) is 2.23. The molecule has 0 unspecified atom stereocenters. The molecule has 0 heterocycles. The highest BCUT2D eigenvalue weighted by molar-refractivity contribution is 6.34. The maximum absolute atomic E-state index is 5.96. The molecule has 0 aliphatic rings. The maximum atomic E-state index is 5.96. The predicted molar refractivity (Wildman–Crippen MR) is 70.4 cm³/mol. The molecule has 2 heteroatoms. The topological polar surface area (TPSA) is 0 Å². The van der Waals surface area contributed by atoms with E-state index in [1.807, 2.05) is 12.1 Å². The van der Waals surface area contributed by atoms with Crippen LogP contribution in [0.15, 0.2) is 42.5 Å². The Morgan fingerprint density at radius 2 is 1.38 bits per heavy atom. The molecular formula is C14H12Cl2. The van der Waals surface area contributed by atoms with Crippen molar-refractivity contribution in [2.24, 2.45) is 0 Å². The Morgan fingerprint density at radius 1 is 0.812 bits per heavy atom. The summed E-state index contributed by atoms with van der Waals surface area (Å²) >= 11 is 11.9. The summed E-state index contributed by atoms with van der Waals surface area (Å²) in [5.74, 6) is 0. The van der Waals surface area contributed by atoms with Gasteiger partial charge in [-0.3, -0.25) is 0 Å². The summed E-state index contributed by atoms with van der Waals surface area (Å²) in [5, 5.41) is 1.38. The van der Waals surface area contributed by atoms with Gasteiger partial charge in [0.1, 0.15) is 0 Å². The molecule has 0 aromatic heterocycles. The van der Waals surface area contributed by atoms with Crippen molar-refractivity contribution in [3.63, 3.8) is 0 Å². The Bertz CT molecular complexity index is 466. The summed E-state index contributed by atoms with van der Waals surface area (Å²) < 4.78 is 0. The van der Waals surface area contributed by atoms with E-state index >= 15 is 0 Å². The molecule has 0 spiro atoms. The average molecular weight is 251 g/mol. The molecule has 0 nitrogen and oxygen atoms in total. The van der Waals surface area contributed by atoms with Gasteiger partial charge >= 0.3 is 0 Å². The Hall–Kier alpha value is -0.980. The maximum Gasteiger partial charge on any atom is 0.0423 e. The Balaban J connectivity index is 2.23. The summed E-state index contributed by atoms with van der Waals surface area (Å²) in [6.45, 7) is 2.08. The van der Waals surface area contributed by atoms with Crippen molar-refractivity contribution < 1.29 is 0 Å². The van der Waals surface area contributed by atoms with Crippen molar-refractivity contribution in [1.82, 2.24) is 0 Å². The molecule has 82 valence electrons. The molecular weight excluding hydrogens is 239 g/mol. The zero-order valence-electron chi connectivity index (χ0n) is 9.00. The Labute approximate surface area is 106 Å². The van der Waals surface area contributed by atoms with Crippen LogP contribution < -0.4 is 0 Å².